The van der Waals surface area contributed by atoms with Gasteiger partial charge >= 0.3 is 5.97 Å². The normalized spacial score (nSPS) is 16.7. The predicted octanol–water partition coefficient (Wildman–Crippen LogP) is 2.05. The largest absolute Gasteiger partial charge is 0.481 e. The highest BCUT2D eigenvalue weighted by atomic mass is 79.9. The minimum Gasteiger partial charge on any atom is -0.481 e. The van der Waals surface area contributed by atoms with E-state index in [1.165, 1.54) is 12.1 Å². The number of rotatable bonds is 2. The summed E-state index contributed by atoms with van der Waals surface area (Å²) in [4.78, 5) is 10.7. The zero-order chi connectivity index (χ0) is 11.9. The maximum atomic E-state index is 11.9. The quantitative estimate of drug-likeness (QED) is 0.907. The zero-order valence-corrected chi connectivity index (χ0v) is 10.4. The summed E-state index contributed by atoms with van der Waals surface area (Å²) in [5.74, 6) is -1.15. The Bertz CT molecular complexity index is 601. The molecule has 0 aromatic heterocycles. The van der Waals surface area contributed by atoms with Crippen LogP contribution in [0.15, 0.2) is 32.5 Å². The molecular weight excluding hydrogens is 296 g/mol. The summed E-state index contributed by atoms with van der Waals surface area (Å²) in [6.45, 7) is 0. The Morgan fingerprint density at radius 3 is 2.69 bits per heavy atom. The average Bonchev–Trinajstić information content (AvgIpc) is 2.37. The molecule has 0 spiro atoms. The van der Waals surface area contributed by atoms with E-state index in [4.69, 9.17) is 5.11 Å². The van der Waals surface area contributed by atoms with Crippen molar-refractivity contribution in [2.75, 3.05) is 0 Å². The first-order valence-corrected chi connectivity index (χ1v) is 6.66. The third-order valence-corrected chi connectivity index (χ3v) is 4.65. The minimum atomic E-state index is -3.60. The number of benzene rings is 1. The molecule has 0 radical (unpaired) electrons. The highest BCUT2D eigenvalue weighted by Crippen LogP contribution is 2.35. The first-order chi connectivity index (χ1) is 7.41. The lowest BCUT2D eigenvalue weighted by Crippen LogP contribution is -2.05. The monoisotopic (exact) mass is 302 g/mol. The summed E-state index contributed by atoms with van der Waals surface area (Å²) >= 11 is 3.23. The van der Waals surface area contributed by atoms with Crippen LogP contribution >= 0.6 is 15.9 Å². The lowest BCUT2D eigenvalue weighted by Gasteiger charge is -2.01. The van der Waals surface area contributed by atoms with Crippen LogP contribution < -0.4 is 0 Å². The Balaban J connectivity index is 2.56. The Kier molecular flexibility index (Phi) is 2.63. The fourth-order valence-corrected chi connectivity index (χ4v) is 3.50. The predicted molar refractivity (Wildman–Crippen MR) is 61.6 cm³/mol. The van der Waals surface area contributed by atoms with Crippen LogP contribution in [0, 0.1) is 0 Å². The molecule has 1 aromatic rings. The van der Waals surface area contributed by atoms with Gasteiger partial charge in [0.05, 0.1) is 16.2 Å². The molecule has 1 N–H and O–H groups in total. The van der Waals surface area contributed by atoms with Crippen LogP contribution in [0.4, 0.5) is 0 Å². The van der Waals surface area contributed by atoms with Gasteiger partial charge < -0.3 is 5.11 Å². The standard InChI is InChI=1S/C10H7BrO4S/c11-7-1-2-9-6(3-7)4-8(5-10(12)13)16(9,14)15/h1-4H,5H2,(H,12,13). The van der Waals surface area contributed by atoms with Crippen LogP contribution in [-0.2, 0) is 14.6 Å². The van der Waals surface area contributed by atoms with E-state index < -0.39 is 22.2 Å². The topological polar surface area (TPSA) is 71.4 Å². The van der Waals surface area contributed by atoms with Crippen LogP contribution in [0.25, 0.3) is 6.08 Å². The molecule has 1 aromatic carbocycles. The van der Waals surface area contributed by atoms with E-state index in [1.54, 1.807) is 12.1 Å². The van der Waals surface area contributed by atoms with Crippen molar-refractivity contribution in [1.82, 2.24) is 0 Å². The third kappa shape index (κ3) is 1.78. The smallest absolute Gasteiger partial charge is 0.308 e. The fraction of sp³-hybridized carbons (Fsp3) is 0.100. The molecule has 0 atom stereocenters. The van der Waals surface area contributed by atoms with Crippen molar-refractivity contribution < 1.29 is 18.3 Å². The van der Waals surface area contributed by atoms with E-state index >= 15 is 0 Å². The summed E-state index contributed by atoms with van der Waals surface area (Å²) in [7, 11) is -3.60. The third-order valence-electron chi connectivity index (χ3n) is 2.25. The fourth-order valence-electron chi connectivity index (χ4n) is 1.56. The second kappa shape index (κ2) is 3.71. The lowest BCUT2D eigenvalue weighted by atomic mass is 10.2. The maximum Gasteiger partial charge on any atom is 0.308 e. The second-order valence-corrected chi connectivity index (χ2v) is 6.25. The molecule has 1 aliphatic heterocycles. The molecule has 0 aliphatic carbocycles. The molecule has 6 heteroatoms. The maximum absolute atomic E-state index is 11.9. The molecule has 1 aliphatic rings. The van der Waals surface area contributed by atoms with Gasteiger partial charge in [0.1, 0.15) is 0 Å². The molecule has 0 bridgehead atoms. The van der Waals surface area contributed by atoms with Gasteiger partial charge in [-0.3, -0.25) is 4.79 Å². The Morgan fingerprint density at radius 1 is 1.38 bits per heavy atom. The Labute approximate surface area is 101 Å². The molecule has 0 unspecified atom stereocenters. The van der Waals surface area contributed by atoms with E-state index in [0.717, 1.165) is 4.47 Å². The van der Waals surface area contributed by atoms with Crippen molar-refractivity contribution in [2.45, 2.75) is 11.3 Å². The lowest BCUT2D eigenvalue weighted by molar-refractivity contribution is -0.136. The van der Waals surface area contributed by atoms with Gasteiger partial charge in [0.2, 0.25) is 9.84 Å². The van der Waals surface area contributed by atoms with Gasteiger partial charge in [-0.15, -0.1) is 0 Å². The number of carbonyl (C=O) groups is 1. The van der Waals surface area contributed by atoms with Gasteiger partial charge in [0.25, 0.3) is 0 Å². The first kappa shape index (κ1) is 11.3. The molecule has 1 heterocycles. The minimum absolute atomic E-state index is 0.0619. The van der Waals surface area contributed by atoms with Crippen molar-refractivity contribution >= 4 is 37.8 Å². The molecule has 0 fully saturated rings. The highest BCUT2D eigenvalue weighted by molar-refractivity contribution is 9.10. The van der Waals surface area contributed by atoms with Gasteiger partial charge in [-0.25, -0.2) is 8.42 Å². The number of fused-ring (bicyclic) bond motifs is 1. The van der Waals surface area contributed by atoms with Crippen molar-refractivity contribution in [3.63, 3.8) is 0 Å². The van der Waals surface area contributed by atoms with Crippen LogP contribution in [-0.4, -0.2) is 19.5 Å². The van der Waals surface area contributed by atoms with E-state index in [2.05, 4.69) is 15.9 Å². The van der Waals surface area contributed by atoms with Crippen LogP contribution in [0.1, 0.15) is 12.0 Å². The number of sulfone groups is 1. The van der Waals surface area contributed by atoms with Gasteiger partial charge in [-0.1, -0.05) is 15.9 Å². The van der Waals surface area contributed by atoms with Crippen molar-refractivity contribution in [2.24, 2.45) is 0 Å². The van der Waals surface area contributed by atoms with Gasteiger partial charge in [-0.05, 0) is 29.8 Å². The molecule has 16 heavy (non-hydrogen) atoms. The van der Waals surface area contributed by atoms with Gasteiger partial charge in [-0.2, -0.15) is 0 Å². The van der Waals surface area contributed by atoms with Crippen molar-refractivity contribution in [3.05, 3.63) is 33.1 Å². The second-order valence-electron chi connectivity index (χ2n) is 3.37. The number of hydrogen-bond donors (Lipinski definition) is 1. The zero-order valence-electron chi connectivity index (χ0n) is 7.97. The number of aliphatic carboxylic acids is 1. The molecule has 4 nitrogen and oxygen atoms in total. The van der Waals surface area contributed by atoms with Crippen LogP contribution in [0.2, 0.25) is 0 Å². The molecule has 0 amide bonds. The van der Waals surface area contributed by atoms with E-state index in [1.807, 2.05) is 0 Å². The number of carboxylic acids is 1. The summed E-state index contributed by atoms with van der Waals surface area (Å²) < 4.78 is 24.5. The average molecular weight is 303 g/mol. The molecule has 84 valence electrons. The molecule has 2 rings (SSSR count). The summed E-state index contributed by atoms with van der Waals surface area (Å²) in [5.41, 5.74) is 0.533. The van der Waals surface area contributed by atoms with Crippen molar-refractivity contribution in [1.29, 1.82) is 0 Å². The van der Waals surface area contributed by atoms with Gasteiger partial charge in [0.15, 0.2) is 0 Å². The SMILES string of the molecule is O=C(O)CC1=Cc2cc(Br)ccc2S1(=O)=O. The van der Waals surface area contributed by atoms with Crippen LogP contribution in [0.5, 0.6) is 0 Å². The van der Waals surface area contributed by atoms with E-state index in [-0.39, 0.29) is 9.80 Å². The Hall–Kier alpha value is -1.14. The van der Waals surface area contributed by atoms with Crippen molar-refractivity contribution in [3.8, 4) is 0 Å². The first-order valence-electron chi connectivity index (χ1n) is 4.38. The van der Waals surface area contributed by atoms with E-state index in [9.17, 15) is 13.2 Å². The number of carboxylic acid groups (broad SMARTS) is 1. The molecule has 0 saturated carbocycles. The summed E-state index contributed by atoms with van der Waals surface area (Å²) in [6, 6.07) is 4.75. The highest BCUT2D eigenvalue weighted by Gasteiger charge is 2.30. The number of halogens is 1. The molecule has 0 saturated heterocycles. The summed E-state index contributed by atoms with van der Waals surface area (Å²) in [5, 5.41) is 8.63. The Morgan fingerprint density at radius 2 is 2.06 bits per heavy atom. The van der Waals surface area contributed by atoms with Gasteiger partial charge in [0, 0.05) is 4.47 Å². The van der Waals surface area contributed by atoms with E-state index in [0.29, 0.717) is 5.56 Å². The molecular formula is C10H7BrO4S. The summed E-state index contributed by atoms with van der Waals surface area (Å²) in [6.07, 6.45) is 0.929. The van der Waals surface area contributed by atoms with Crippen LogP contribution in [0.3, 0.4) is 0 Å². The number of hydrogen-bond acceptors (Lipinski definition) is 3.